The number of amides is 1. The second kappa shape index (κ2) is 7.90. The number of nitrogens with zero attached hydrogens (tertiary/aromatic N) is 2. The zero-order valence-corrected chi connectivity index (χ0v) is 20.3. The van der Waals surface area contributed by atoms with Crippen LogP contribution in [0.25, 0.3) is 0 Å². The van der Waals surface area contributed by atoms with Gasteiger partial charge in [-0.3, -0.25) is 10.1 Å². The number of aromatic nitrogens is 2. The van der Waals surface area contributed by atoms with Crippen molar-refractivity contribution in [2.24, 2.45) is 0 Å². The number of aryl methyl sites for hydroxylation is 1. The van der Waals surface area contributed by atoms with E-state index >= 15 is 0 Å². The maximum atomic E-state index is 12.5. The second-order valence-electron chi connectivity index (χ2n) is 9.71. The van der Waals surface area contributed by atoms with E-state index in [0.717, 1.165) is 10.2 Å². The molecule has 0 bridgehead atoms. The van der Waals surface area contributed by atoms with E-state index < -0.39 is 0 Å². The molecular formula is C25H28BrN3O2. The van der Waals surface area contributed by atoms with Crippen molar-refractivity contribution in [2.75, 3.05) is 5.32 Å². The van der Waals surface area contributed by atoms with Crippen molar-refractivity contribution in [3.8, 4) is 0 Å². The van der Waals surface area contributed by atoms with Crippen molar-refractivity contribution in [3.05, 3.63) is 74.9 Å². The third-order valence-corrected chi connectivity index (χ3v) is 6.81. The Labute approximate surface area is 191 Å². The number of carbonyl (C=O) groups is 1. The first-order valence-electron chi connectivity index (χ1n) is 10.6. The molecular weight excluding hydrogens is 454 g/mol. The fourth-order valence-corrected chi connectivity index (χ4v) is 4.48. The lowest BCUT2D eigenvalue weighted by Crippen LogP contribution is -2.34. The molecule has 162 valence electrons. The van der Waals surface area contributed by atoms with Crippen LogP contribution >= 0.6 is 15.9 Å². The summed E-state index contributed by atoms with van der Waals surface area (Å²) in [5, 5.41) is 2.66. The maximum Gasteiger partial charge on any atom is 0.293 e. The SMILES string of the molecule is Cc1cc2c(cc1Cc1ccc(C(=O)Nc3ncc(Br)cn3)o1)C(C)(C)CCC2(C)C. The molecule has 5 nitrogen and oxygen atoms in total. The van der Waals surface area contributed by atoms with Crippen molar-refractivity contribution in [3.63, 3.8) is 0 Å². The van der Waals surface area contributed by atoms with E-state index in [-0.39, 0.29) is 28.4 Å². The molecule has 1 amide bonds. The number of benzene rings is 1. The molecule has 2 aromatic heterocycles. The number of nitrogens with one attached hydrogen (secondary N) is 1. The summed E-state index contributed by atoms with van der Waals surface area (Å²) in [6, 6.07) is 8.27. The number of anilines is 1. The summed E-state index contributed by atoms with van der Waals surface area (Å²) in [6.45, 7) is 11.5. The smallest absolute Gasteiger partial charge is 0.293 e. The number of hydrogen-bond acceptors (Lipinski definition) is 4. The van der Waals surface area contributed by atoms with Gasteiger partial charge in [-0.25, -0.2) is 9.97 Å². The van der Waals surface area contributed by atoms with Crippen molar-refractivity contribution in [1.29, 1.82) is 0 Å². The van der Waals surface area contributed by atoms with Crippen LogP contribution in [0, 0.1) is 6.92 Å². The summed E-state index contributed by atoms with van der Waals surface area (Å²) >= 11 is 3.28. The van der Waals surface area contributed by atoms with Crippen molar-refractivity contribution in [2.45, 2.75) is 64.7 Å². The highest BCUT2D eigenvalue weighted by Crippen LogP contribution is 2.46. The van der Waals surface area contributed by atoms with Crippen LogP contribution in [0.4, 0.5) is 5.95 Å². The van der Waals surface area contributed by atoms with Crippen LogP contribution in [0.1, 0.15) is 79.1 Å². The number of furan rings is 1. The molecule has 0 spiro atoms. The Morgan fingerprint density at radius 1 is 1.06 bits per heavy atom. The molecule has 4 rings (SSSR count). The molecule has 0 aliphatic heterocycles. The highest BCUT2D eigenvalue weighted by Gasteiger charge is 2.37. The van der Waals surface area contributed by atoms with Gasteiger partial charge in [0.25, 0.3) is 5.91 Å². The van der Waals surface area contributed by atoms with Crippen LogP contribution in [0.2, 0.25) is 0 Å². The summed E-state index contributed by atoms with van der Waals surface area (Å²) in [7, 11) is 0. The van der Waals surface area contributed by atoms with Gasteiger partial charge in [-0.15, -0.1) is 0 Å². The standard InChI is InChI=1S/C25H28BrN3O2/c1-15-10-19-20(25(4,5)9-8-24(19,2)3)12-16(15)11-18-6-7-21(31-18)22(30)29-23-27-13-17(26)14-28-23/h6-7,10,12-14H,8-9,11H2,1-5H3,(H,27,28,29,30). The Hall–Kier alpha value is -2.47. The molecule has 0 atom stereocenters. The quantitative estimate of drug-likeness (QED) is 0.472. The van der Waals surface area contributed by atoms with E-state index in [9.17, 15) is 4.79 Å². The van der Waals surface area contributed by atoms with E-state index in [2.05, 4.69) is 78.0 Å². The molecule has 0 saturated carbocycles. The Balaban J connectivity index is 1.56. The van der Waals surface area contributed by atoms with Gasteiger partial charge in [-0.05, 0) is 80.9 Å². The largest absolute Gasteiger partial charge is 0.456 e. The molecule has 0 unspecified atom stereocenters. The Morgan fingerprint density at radius 3 is 2.32 bits per heavy atom. The Bertz CT molecular complexity index is 1130. The molecule has 1 N–H and O–H groups in total. The fraction of sp³-hybridized carbons (Fsp3) is 0.400. The van der Waals surface area contributed by atoms with E-state index in [1.807, 2.05) is 6.07 Å². The number of carbonyl (C=O) groups excluding carboxylic acids is 1. The average Bonchev–Trinajstić information content (AvgIpc) is 3.17. The van der Waals surface area contributed by atoms with Crippen molar-refractivity contribution >= 4 is 27.8 Å². The highest BCUT2D eigenvalue weighted by atomic mass is 79.9. The molecule has 0 saturated heterocycles. The van der Waals surface area contributed by atoms with Crippen LogP contribution in [-0.4, -0.2) is 15.9 Å². The zero-order valence-electron chi connectivity index (χ0n) is 18.7. The third kappa shape index (κ3) is 4.45. The normalized spacial score (nSPS) is 16.6. The topological polar surface area (TPSA) is 68.0 Å². The Morgan fingerprint density at radius 2 is 1.68 bits per heavy atom. The molecule has 0 radical (unpaired) electrons. The van der Waals surface area contributed by atoms with Gasteiger partial charge in [0, 0.05) is 18.8 Å². The van der Waals surface area contributed by atoms with Crippen LogP contribution in [0.3, 0.4) is 0 Å². The molecule has 2 heterocycles. The minimum atomic E-state index is -0.362. The molecule has 1 aromatic carbocycles. The van der Waals surface area contributed by atoms with Crippen LogP contribution in [0.5, 0.6) is 0 Å². The lowest BCUT2D eigenvalue weighted by atomic mass is 9.62. The number of halogens is 1. The van der Waals surface area contributed by atoms with Crippen LogP contribution in [0.15, 0.2) is 45.5 Å². The summed E-state index contributed by atoms with van der Waals surface area (Å²) in [6.07, 6.45) is 6.19. The zero-order chi connectivity index (χ0) is 22.4. The monoisotopic (exact) mass is 481 g/mol. The lowest BCUT2D eigenvalue weighted by molar-refractivity contribution is 0.0994. The Kier molecular flexibility index (Phi) is 5.54. The first-order valence-corrected chi connectivity index (χ1v) is 11.4. The first-order chi connectivity index (χ1) is 14.5. The van der Waals surface area contributed by atoms with Gasteiger partial charge >= 0.3 is 0 Å². The van der Waals surface area contributed by atoms with E-state index in [1.165, 1.54) is 35.1 Å². The third-order valence-electron chi connectivity index (χ3n) is 6.41. The first kappa shape index (κ1) is 21.8. The summed E-state index contributed by atoms with van der Waals surface area (Å²) in [5.74, 6) is 0.886. The van der Waals surface area contributed by atoms with Gasteiger partial charge in [-0.1, -0.05) is 39.8 Å². The maximum absolute atomic E-state index is 12.5. The molecule has 31 heavy (non-hydrogen) atoms. The number of fused-ring (bicyclic) bond motifs is 1. The average molecular weight is 482 g/mol. The number of hydrogen-bond donors (Lipinski definition) is 1. The summed E-state index contributed by atoms with van der Waals surface area (Å²) in [4.78, 5) is 20.6. The van der Waals surface area contributed by atoms with Crippen LogP contribution in [-0.2, 0) is 17.3 Å². The van der Waals surface area contributed by atoms with Gasteiger partial charge in [0.15, 0.2) is 5.76 Å². The predicted molar refractivity (Wildman–Crippen MR) is 126 cm³/mol. The van der Waals surface area contributed by atoms with Crippen molar-refractivity contribution < 1.29 is 9.21 Å². The molecule has 1 aliphatic rings. The molecule has 0 fully saturated rings. The molecule has 3 aromatic rings. The lowest BCUT2D eigenvalue weighted by Gasteiger charge is -2.42. The van der Waals surface area contributed by atoms with E-state index in [1.54, 1.807) is 18.5 Å². The predicted octanol–water partition coefficient (Wildman–Crippen LogP) is 6.33. The fourth-order valence-electron chi connectivity index (χ4n) is 4.28. The van der Waals surface area contributed by atoms with Gasteiger partial charge in [0.2, 0.25) is 5.95 Å². The summed E-state index contributed by atoms with van der Waals surface area (Å²) < 4.78 is 6.61. The number of rotatable bonds is 4. The second-order valence-corrected chi connectivity index (χ2v) is 10.6. The molecule has 1 aliphatic carbocycles. The minimum absolute atomic E-state index is 0.159. The highest BCUT2D eigenvalue weighted by molar-refractivity contribution is 9.10. The van der Waals surface area contributed by atoms with Crippen molar-refractivity contribution in [1.82, 2.24) is 9.97 Å². The van der Waals surface area contributed by atoms with Gasteiger partial charge in [-0.2, -0.15) is 0 Å². The summed E-state index contributed by atoms with van der Waals surface area (Å²) in [5.41, 5.74) is 5.74. The van der Waals surface area contributed by atoms with Gasteiger partial charge in [0.05, 0.1) is 4.47 Å². The van der Waals surface area contributed by atoms with Gasteiger partial charge < -0.3 is 4.42 Å². The van der Waals surface area contributed by atoms with E-state index in [0.29, 0.717) is 6.42 Å². The minimum Gasteiger partial charge on any atom is -0.456 e. The van der Waals surface area contributed by atoms with Gasteiger partial charge in [0.1, 0.15) is 5.76 Å². The molecule has 6 heteroatoms. The van der Waals surface area contributed by atoms with E-state index in [4.69, 9.17) is 4.42 Å². The van der Waals surface area contributed by atoms with Crippen LogP contribution < -0.4 is 5.32 Å².